The zero-order valence-electron chi connectivity index (χ0n) is 10.8. The molecule has 0 amide bonds. The Hall–Kier alpha value is -1.46. The number of hydrogen-bond acceptors (Lipinski definition) is 4. The molecule has 2 rings (SSSR count). The van der Waals surface area contributed by atoms with Crippen molar-refractivity contribution in [2.75, 3.05) is 18.0 Å². The molecule has 0 aliphatic carbocycles. The summed E-state index contributed by atoms with van der Waals surface area (Å²) in [6.07, 6.45) is 0.422. The molecule has 0 bridgehead atoms. The number of anilines is 1. The third-order valence-electron chi connectivity index (χ3n) is 3.54. The second-order valence-corrected chi connectivity index (χ2v) is 5.36. The van der Waals surface area contributed by atoms with Gasteiger partial charge in [-0.15, -0.1) is 0 Å². The van der Waals surface area contributed by atoms with E-state index in [2.05, 4.69) is 10.1 Å². The van der Waals surface area contributed by atoms with Gasteiger partial charge in [-0.25, -0.2) is 0 Å². The number of piperidine rings is 1. The minimum Gasteiger partial charge on any atom is -0.409 e. The number of nitrogens with zero attached hydrogens (tertiary/aromatic N) is 2. The Bertz CT molecular complexity index is 493. The second kappa shape index (κ2) is 5.67. The predicted molar refractivity (Wildman–Crippen MR) is 76.0 cm³/mol. The second-order valence-electron chi connectivity index (χ2n) is 4.93. The summed E-state index contributed by atoms with van der Waals surface area (Å²) in [6.45, 7) is 3.44. The largest absolute Gasteiger partial charge is 0.409 e. The van der Waals surface area contributed by atoms with Gasteiger partial charge in [-0.05, 0) is 30.5 Å². The van der Waals surface area contributed by atoms with Crippen molar-refractivity contribution < 1.29 is 10.3 Å². The summed E-state index contributed by atoms with van der Waals surface area (Å²) in [5, 5.41) is 22.3. The normalized spacial score (nSPS) is 24.6. The fourth-order valence-corrected chi connectivity index (χ4v) is 2.56. The van der Waals surface area contributed by atoms with E-state index in [-0.39, 0.29) is 17.9 Å². The number of halogens is 1. The molecule has 2 unspecified atom stereocenters. The minimum atomic E-state index is -0.275. The summed E-state index contributed by atoms with van der Waals surface area (Å²) in [5.74, 6) is 0.235. The van der Waals surface area contributed by atoms with Crippen molar-refractivity contribution in [1.82, 2.24) is 0 Å². The summed E-state index contributed by atoms with van der Waals surface area (Å²) in [4.78, 5) is 2.11. The minimum absolute atomic E-state index is 0.0606. The molecule has 19 heavy (non-hydrogen) atoms. The fraction of sp³-hybridized carbons (Fsp3) is 0.462. The molecular formula is C13H18ClN3O2. The number of rotatable bonds is 2. The quantitative estimate of drug-likeness (QED) is 0.333. The molecule has 1 heterocycles. The van der Waals surface area contributed by atoms with Crippen molar-refractivity contribution in [1.29, 1.82) is 0 Å². The van der Waals surface area contributed by atoms with E-state index in [1.807, 2.05) is 6.92 Å². The summed E-state index contributed by atoms with van der Waals surface area (Å²) < 4.78 is 0. The van der Waals surface area contributed by atoms with E-state index in [0.717, 1.165) is 12.2 Å². The SMILES string of the molecule is CC1CN(c2cc(Cl)ccc2/C(N)=N/O)CCC1O. The molecule has 1 saturated heterocycles. The van der Waals surface area contributed by atoms with Crippen LogP contribution >= 0.6 is 11.6 Å². The van der Waals surface area contributed by atoms with Crippen molar-refractivity contribution in [2.45, 2.75) is 19.4 Å². The maximum absolute atomic E-state index is 9.78. The maximum Gasteiger partial charge on any atom is 0.172 e. The summed E-state index contributed by atoms with van der Waals surface area (Å²) >= 11 is 6.03. The van der Waals surface area contributed by atoms with Gasteiger partial charge in [0.15, 0.2) is 5.84 Å². The number of amidine groups is 1. The van der Waals surface area contributed by atoms with Crippen molar-refractivity contribution >= 4 is 23.1 Å². The molecule has 6 heteroatoms. The van der Waals surface area contributed by atoms with E-state index in [9.17, 15) is 5.11 Å². The van der Waals surface area contributed by atoms with Crippen LogP contribution in [0.3, 0.4) is 0 Å². The van der Waals surface area contributed by atoms with Crippen LogP contribution in [0.2, 0.25) is 5.02 Å². The van der Waals surface area contributed by atoms with Gasteiger partial charge in [-0.2, -0.15) is 0 Å². The summed E-state index contributed by atoms with van der Waals surface area (Å²) in [6, 6.07) is 5.25. The van der Waals surface area contributed by atoms with Crippen molar-refractivity contribution in [3.05, 3.63) is 28.8 Å². The molecule has 0 spiro atoms. The zero-order chi connectivity index (χ0) is 14.0. The molecule has 1 fully saturated rings. The van der Waals surface area contributed by atoms with E-state index in [1.54, 1.807) is 18.2 Å². The molecule has 1 aromatic rings. The first-order valence-electron chi connectivity index (χ1n) is 6.23. The van der Waals surface area contributed by atoms with Crippen LogP contribution in [0.5, 0.6) is 0 Å². The van der Waals surface area contributed by atoms with Gasteiger partial charge in [-0.1, -0.05) is 23.7 Å². The highest BCUT2D eigenvalue weighted by atomic mass is 35.5. The van der Waals surface area contributed by atoms with Gasteiger partial charge in [0, 0.05) is 29.4 Å². The number of hydrogen-bond donors (Lipinski definition) is 3. The Kier molecular flexibility index (Phi) is 4.17. The monoisotopic (exact) mass is 283 g/mol. The lowest BCUT2D eigenvalue weighted by molar-refractivity contribution is 0.0971. The first kappa shape index (κ1) is 14.0. The number of aliphatic hydroxyl groups is 1. The number of nitrogens with two attached hydrogens (primary N) is 1. The molecule has 1 aromatic carbocycles. The molecule has 0 radical (unpaired) electrons. The third kappa shape index (κ3) is 2.93. The molecule has 0 saturated carbocycles. The Morgan fingerprint density at radius 1 is 1.53 bits per heavy atom. The summed E-state index contributed by atoms with van der Waals surface area (Å²) in [5.41, 5.74) is 7.18. The van der Waals surface area contributed by atoms with Crippen LogP contribution in [0, 0.1) is 5.92 Å². The van der Waals surface area contributed by atoms with Gasteiger partial charge in [0.25, 0.3) is 0 Å². The van der Waals surface area contributed by atoms with Crippen molar-refractivity contribution in [3.8, 4) is 0 Å². The first-order valence-corrected chi connectivity index (χ1v) is 6.61. The van der Waals surface area contributed by atoms with Crippen LogP contribution in [0.4, 0.5) is 5.69 Å². The fourth-order valence-electron chi connectivity index (χ4n) is 2.39. The molecule has 104 valence electrons. The third-order valence-corrected chi connectivity index (χ3v) is 3.78. The highest BCUT2D eigenvalue weighted by Gasteiger charge is 2.26. The lowest BCUT2D eigenvalue weighted by atomic mass is 9.95. The highest BCUT2D eigenvalue weighted by molar-refractivity contribution is 6.31. The topological polar surface area (TPSA) is 82.1 Å². The Balaban J connectivity index is 2.35. The van der Waals surface area contributed by atoms with Crippen LogP contribution < -0.4 is 10.6 Å². The van der Waals surface area contributed by atoms with Gasteiger partial charge >= 0.3 is 0 Å². The molecule has 1 aliphatic heterocycles. The van der Waals surface area contributed by atoms with Gasteiger partial charge in [-0.3, -0.25) is 0 Å². The van der Waals surface area contributed by atoms with Crippen LogP contribution in [0.25, 0.3) is 0 Å². The Morgan fingerprint density at radius 3 is 2.89 bits per heavy atom. The van der Waals surface area contributed by atoms with E-state index >= 15 is 0 Å². The van der Waals surface area contributed by atoms with Crippen LogP contribution in [0.15, 0.2) is 23.4 Å². The molecule has 2 atom stereocenters. The number of aliphatic hydroxyl groups excluding tert-OH is 1. The van der Waals surface area contributed by atoms with E-state index in [4.69, 9.17) is 22.5 Å². The molecule has 0 aromatic heterocycles. The van der Waals surface area contributed by atoms with Gasteiger partial charge in [0.1, 0.15) is 0 Å². The average Bonchev–Trinajstić information content (AvgIpc) is 2.41. The number of benzene rings is 1. The van der Waals surface area contributed by atoms with E-state index in [1.165, 1.54) is 0 Å². The van der Waals surface area contributed by atoms with Gasteiger partial charge in [0.2, 0.25) is 0 Å². The van der Waals surface area contributed by atoms with E-state index < -0.39 is 0 Å². The van der Waals surface area contributed by atoms with Gasteiger partial charge < -0.3 is 20.9 Å². The Morgan fingerprint density at radius 2 is 2.26 bits per heavy atom. The van der Waals surface area contributed by atoms with Gasteiger partial charge in [0.05, 0.1) is 6.10 Å². The lowest BCUT2D eigenvalue weighted by Gasteiger charge is -2.36. The lowest BCUT2D eigenvalue weighted by Crippen LogP contribution is -2.42. The van der Waals surface area contributed by atoms with Crippen molar-refractivity contribution in [2.24, 2.45) is 16.8 Å². The van der Waals surface area contributed by atoms with Crippen LogP contribution in [0.1, 0.15) is 18.9 Å². The molecule has 1 aliphatic rings. The maximum atomic E-state index is 9.78. The number of oxime groups is 1. The molecular weight excluding hydrogens is 266 g/mol. The highest BCUT2D eigenvalue weighted by Crippen LogP contribution is 2.29. The van der Waals surface area contributed by atoms with Crippen LogP contribution in [-0.2, 0) is 0 Å². The van der Waals surface area contributed by atoms with Crippen LogP contribution in [-0.4, -0.2) is 35.3 Å². The Labute approximate surface area is 117 Å². The standard InChI is InChI=1S/C13H18ClN3O2/c1-8-7-17(5-4-12(8)18)11-6-9(14)2-3-10(11)13(15)16-19/h2-3,6,8,12,18-19H,4-5,7H2,1H3,(H2,15,16). The smallest absolute Gasteiger partial charge is 0.172 e. The van der Waals surface area contributed by atoms with Crippen molar-refractivity contribution in [3.63, 3.8) is 0 Å². The summed E-state index contributed by atoms with van der Waals surface area (Å²) in [7, 11) is 0. The average molecular weight is 284 g/mol. The predicted octanol–water partition coefficient (Wildman–Crippen LogP) is 1.64. The molecule has 5 nitrogen and oxygen atoms in total. The van der Waals surface area contributed by atoms with E-state index in [0.29, 0.717) is 23.6 Å². The first-order chi connectivity index (χ1) is 9.02. The zero-order valence-corrected chi connectivity index (χ0v) is 11.5. The molecule has 4 N–H and O–H groups in total.